The summed E-state index contributed by atoms with van der Waals surface area (Å²) >= 11 is 1.57. The average molecular weight is 376 g/mol. The molecular formula is C19H24N2O4S. The number of nitrogens with one attached hydrogen (secondary N) is 1. The molecule has 1 saturated heterocycles. The number of thioether (sulfide) groups is 1. The Morgan fingerprint density at radius 1 is 1.31 bits per heavy atom. The molecular weight excluding hydrogens is 352 g/mol. The average Bonchev–Trinajstić information content (AvgIpc) is 2.97. The van der Waals surface area contributed by atoms with Gasteiger partial charge in [-0.25, -0.2) is 4.79 Å². The van der Waals surface area contributed by atoms with Crippen LogP contribution in [0.1, 0.15) is 55.4 Å². The van der Waals surface area contributed by atoms with Crippen LogP contribution in [-0.4, -0.2) is 44.6 Å². The van der Waals surface area contributed by atoms with Crippen LogP contribution in [0.5, 0.6) is 0 Å². The van der Waals surface area contributed by atoms with E-state index >= 15 is 0 Å². The van der Waals surface area contributed by atoms with Gasteiger partial charge in [0.2, 0.25) is 5.91 Å². The molecule has 1 aromatic carbocycles. The van der Waals surface area contributed by atoms with Crippen molar-refractivity contribution < 1.29 is 19.5 Å². The fourth-order valence-corrected chi connectivity index (χ4v) is 5.34. The lowest BCUT2D eigenvalue weighted by Crippen LogP contribution is -2.55. The van der Waals surface area contributed by atoms with Crippen LogP contribution in [0.2, 0.25) is 0 Å². The predicted octanol–water partition coefficient (Wildman–Crippen LogP) is 2.65. The second kappa shape index (κ2) is 6.61. The maximum Gasteiger partial charge on any atom is 0.326 e. The lowest BCUT2D eigenvalue weighted by Gasteiger charge is -2.30. The minimum atomic E-state index is -1.05. The maximum atomic E-state index is 13.0. The Morgan fingerprint density at radius 3 is 2.58 bits per heavy atom. The third-order valence-electron chi connectivity index (χ3n) is 4.87. The summed E-state index contributed by atoms with van der Waals surface area (Å²) in [6.07, 6.45) is 0.346. The molecule has 2 aliphatic rings. The first-order valence-electron chi connectivity index (χ1n) is 8.76. The van der Waals surface area contributed by atoms with Crippen LogP contribution < -0.4 is 5.32 Å². The Balaban J connectivity index is 1.88. The van der Waals surface area contributed by atoms with Gasteiger partial charge < -0.3 is 15.3 Å². The van der Waals surface area contributed by atoms with E-state index in [2.05, 4.69) is 5.32 Å². The minimum Gasteiger partial charge on any atom is -0.480 e. The van der Waals surface area contributed by atoms with Crippen LogP contribution in [0.4, 0.5) is 0 Å². The summed E-state index contributed by atoms with van der Waals surface area (Å²) in [4.78, 5) is 39.0. The molecule has 1 fully saturated rings. The van der Waals surface area contributed by atoms with Crippen molar-refractivity contribution in [1.82, 2.24) is 10.2 Å². The number of carboxylic acids is 1. The number of hydrogen-bond donors (Lipinski definition) is 2. The van der Waals surface area contributed by atoms with Gasteiger partial charge in [0.15, 0.2) is 0 Å². The van der Waals surface area contributed by atoms with E-state index < -0.39 is 28.7 Å². The minimum absolute atomic E-state index is 0.132. The molecule has 2 amide bonds. The Labute approximate surface area is 157 Å². The van der Waals surface area contributed by atoms with E-state index in [0.717, 1.165) is 5.56 Å². The first-order valence-corrected chi connectivity index (χ1v) is 9.64. The molecule has 0 unspecified atom stereocenters. The number of carbonyl (C=O) groups excluding carboxylic acids is 2. The molecule has 0 aromatic heterocycles. The maximum absolute atomic E-state index is 13.0. The summed E-state index contributed by atoms with van der Waals surface area (Å²) in [5, 5.41) is 11.9. The van der Waals surface area contributed by atoms with Crippen LogP contribution in [0.15, 0.2) is 24.3 Å². The number of aliphatic carboxylic acids is 1. The first-order chi connectivity index (χ1) is 12.1. The molecule has 2 N–H and O–H groups in total. The molecule has 26 heavy (non-hydrogen) atoms. The molecule has 2 aliphatic heterocycles. The van der Waals surface area contributed by atoms with E-state index in [1.807, 2.05) is 45.9 Å². The monoisotopic (exact) mass is 376 g/mol. The second-order valence-corrected chi connectivity index (χ2v) is 9.54. The van der Waals surface area contributed by atoms with Crippen molar-refractivity contribution in [3.63, 3.8) is 0 Å². The topological polar surface area (TPSA) is 86.7 Å². The normalized spacial score (nSPS) is 24.3. The third kappa shape index (κ3) is 3.09. The van der Waals surface area contributed by atoms with Gasteiger partial charge in [-0.2, -0.15) is 0 Å². The summed E-state index contributed by atoms with van der Waals surface area (Å²) in [7, 11) is 0. The molecule has 0 spiro atoms. The van der Waals surface area contributed by atoms with Gasteiger partial charge in [-0.3, -0.25) is 9.59 Å². The van der Waals surface area contributed by atoms with E-state index in [4.69, 9.17) is 0 Å². The second-order valence-electron chi connectivity index (χ2n) is 7.80. The molecule has 7 heteroatoms. The van der Waals surface area contributed by atoms with Crippen LogP contribution in [0.25, 0.3) is 0 Å². The van der Waals surface area contributed by atoms with Gasteiger partial charge in [0.25, 0.3) is 5.91 Å². The molecule has 3 atom stereocenters. The van der Waals surface area contributed by atoms with E-state index in [1.165, 1.54) is 0 Å². The van der Waals surface area contributed by atoms with Crippen molar-refractivity contribution in [1.29, 1.82) is 0 Å². The van der Waals surface area contributed by atoms with Crippen molar-refractivity contribution in [2.75, 3.05) is 0 Å². The van der Waals surface area contributed by atoms with Crippen molar-refractivity contribution in [3.8, 4) is 0 Å². The third-order valence-corrected chi connectivity index (χ3v) is 6.40. The summed E-state index contributed by atoms with van der Waals surface area (Å²) < 4.78 is -0.515. The molecule has 6 nitrogen and oxygen atoms in total. The largest absolute Gasteiger partial charge is 0.480 e. The molecule has 0 aliphatic carbocycles. The quantitative estimate of drug-likeness (QED) is 0.825. The van der Waals surface area contributed by atoms with E-state index in [9.17, 15) is 19.5 Å². The number of carbonyl (C=O) groups is 3. The van der Waals surface area contributed by atoms with Crippen molar-refractivity contribution in [3.05, 3.63) is 35.4 Å². The SMILES string of the molecule is CC(C)C[C@@H](NC(=O)[C@@H]1N2C(=O)c3ccccc3[C@@H]2SC1(C)C)C(=O)O. The number of amides is 2. The summed E-state index contributed by atoms with van der Waals surface area (Å²) in [5.74, 6) is -1.49. The van der Waals surface area contributed by atoms with Gasteiger partial charge in [0.1, 0.15) is 17.5 Å². The van der Waals surface area contributed by atoms with Crippen LogP contribution in [-0.2, 0) is 9.59 Å². The number of rotatable bonds is 5. The van der Waals surface area contributed by atoms with E-state index in [0.29, 0.717) is 12.0 Å². The Morgan fingerprint density at radius 2 is 1.96 bits per heavy atom. The number of nitrogens with zero attached hydrogens (tertiary/aromatic N) is 1. The highest BCUT2D eigenvalue weighted by atomic mass is 32.2. The van der Waals surface area contributed by atoms with Gasteiger partial charge in [-0.1, -0.05) is 32.0 Å². The highest BCUT2D eigenvalue weighted by Gasteiger charge is 2.57. The van der Waals surface area contributed by atoms with E-state index in [1.54, 1.807) is 22.7 Å². The first kappa shape index (κ1) is 18.8. The lowest BCUT2D eigenvalue weighted by atomic mass is 9.98. The number of benzene rings is 1. The Bertz CT molecular complexity index is 762. The summed E-state index contributed by atoms with van der Waals surface area (Å²) in [6.45, 7) is 7.67. The zero-order chi connectivity index (χ0) is 19.2. The summed E-state index contributed by atoms with van der Waals surface area (Å²) in [5.41, 5.74) is 1.54. The van der Waals surface area contributed by atoms with Gasteiger partial charge in [0, 0.05) is 10.3 Å². The van der Waals surface area contributed by atoms with Crippen molar-refractivity contribution in [2.45, 2.75) is 56.3 Å². The number of hydrogen-bond acceptors (Lipinski definition) is 4. The zero-order valence-corrected chi connectivity index (χ0v) is 16.2. The smallest absolute Gasteiger partial charge is 0.326 e. The fraction of sp³-hybridized carbons (Fsp3) is 0.526. The van der Waals surface area contributed by atoms with Gasteiger partial charge in [0.05, 0.1) is 0 Å². The van der Waals surface area contributed by atoms with Crippen molar-refractivity contribution in [2.24, 2.45) is 5.92 Å². The van der Waals surface area contributed by atoms with Crippen molar-refractivity contribution >= 4 is 29.5 Å². The standard InChI is InChI=1S/C19H24N2O4S/c1-10(2)9-13(18(24)25)20-15(22)14-19(3,4)26-17-12-8-6-5-7-11(12)16(23)21(14)17/h5-8,10,13-14,17H,9H2,1-4H3,(H,20,22)(H,24,25)/t13-,14+,17+/m1/s1. The summed E-state index contributed by atoms with van der Waals surface area (Å²) in [6, 6.07) is 5.72. The molecule has 0 bridgehead atoms. The molecule has 0 saturated carbocycles. The fourth-order valence-electron chi connectivity index (χ4n) is 3.75. The van der Waals surface area contributed by atoms with Crippen LogP contribution in [0.3, 0.4) is 0 Å². The van der Waals surface area contributed by atoms with Gasteiger partial charge in [-0.05, 0) is 37.8 Å². The highest BCUT2D eigenvalue weighted by molar-refractivity contribution is 8.01. The molecule has 2 heterocycles. The van der Waals surface area contributed by atoms with Crippen LogP contribution >= 0.6 is 11.8 Å². The number of fused-ring (bicyclic) bond motifs is 3. The zero-order valence-electron chi connectivity index (χ0n) is 15.4. The predicted molar refractivity (Wildman–Crippen MR) is 99.8 cm³/mol. The van der Waals surface area contributed by atoms with Crippen LogP contribution in [0, 0.1) is 5.92 Å². The molecule has 0 radical (unpaired) electrons. The lowest BCUT2D eigenvalue weighted by molar-refractivity contribution is -0.143. The Hall–Kier alpha value is -2.02. The highest BCUT2D eigenvalue weighted by Crippen LogP contribution is 2.56. The van der Waals surface area contributed by atoms with Gasteiger partial charge in [-0.15, -0.1) is 11.8 Å². The number of carboxylic acid groups (broad SMARTS) is 1. The van der Waals surface area contributed by atoms with Gasteiger partial charge >= 0.3 is 5.97 Å². The Kier molecular flexibility index (Phi) is 4.77. The molecule has 140 valence electrons. The molecule has 3 rings (SSSR count). The van der Waals surface area contributed by atoms with E-state index in [-0.39, 0.29) is 17.2 Å². The molecule has 1 aromatic rings.